The molecule has 122 valence electrons. The van der Waals surface area contributed by atoms with Crippen LogP contribution in [0.3, 0.4) is 0 Å². The third-order valence-corrected chi connectivity index (χ3v) is 4.34. The van der Waals surface area contributed by atoms with Gasteiger partial charge in [-0.05, 0) is 47.7 Å². The molecule has 0 aliphatic heterocycles. The summed E-state index contributed by atoms with van der Waals surface area (Å²) in [6.45, 7) is -0.0912. The van der Waals surface area contributed by atoms with Gasteiger partial charge >= 0.3 is 0 Å². The summed E-state index contributed by atoms with van der Waals surface area (Å²) >= 11 is 0. The van der Waals surface area contributed by atoms with Crippen LogP contribution in [0.1, 0.15) is 30.0 Å². The molecule has 1 atom stereocenters. The van der Waals surface area contributed by atoms with Crippen molar-refractivity contribution in [1.82, 2.24) is 20.5 Å². The second-order valence-corrected chi connectivity index (χ2v) is 5.94. The lowest BCUT2D eigenvalue weighted by Crippen LogP contribution is -2.36. The van der Waals surface area contributed by atoms with Gasteiger partial charge < -0.3 is 10.2 Å². The van der Waals surface area contributed by atoms with E-state index in [1.165, 1.54) is 16.0 Å². The number of rotatable bonds is 4. The largest absolute Gasteiger partial charge is 0.385 e. The number of para-hydroxylation sites is 1. The van der Waals surface area contributed by atoms with E-state index in [4.69, 9.17) is 4.84 Å². The summed E-state index contributed by atoms with van der Waals surface area (Å²) in [5.74, 6) is -0.156. The fraction of sp³-hybridized carbons (Fsp3) is 0.278. The minimum Gasteiger partial charge on any atom is -0.385 e. The van der Waals surface area contributed by atoms with Crippen molar-refractivity contribution in [3.05, 3.63) is 59.7 Å². The lowest BCUT2D eigenvalue weighted by molar-refractivity contribution is -0.127. The number of hydrogen-bond donors (Lipinski definition) is 1. The Balaban J connectivity index is 1.41. The van der Waals surface area contributed by atoms with Crippen molar-refractivity contribution >= 4 is 16.9 Å². The Kier molecular flexibility index (Phi) is 3.86. The van der Waals surface area contributed by atoms with Crippen LogP contribution in [0.4, 0.5) is 0 Å². The van der Waals surface area contributed by atoms with E-state index in [2.05, 4.69) is 27.8 Å². The Morgan fingerprint density at radius 1 is 1.21 bits per heavy atom. The number of fused-ring (bicyclic) bond motifs is 2. The van der Waals surface area contributed by atoms with E-state index in [1.807, 2.05) is 36.4 Å². The smallest absolute Gasteiger partial charge is 0.261 e. The Hall–Kier alpha value is -2.89. The molecule has 0 bridgehead atoms. The third kappa shape index (κ3) is 2.82. The molecule has 1 aliphatic carbocycles. The molecule has 1 aliphatic rings. The topological polar surface area (TPSA) is 69.0 Å². The number of benzene rings is 2. The number of nitrogens with one attached hydrogen (secondary N) is 1. The van der Waals surface area contributed by atoms with Gasteiger partial charge in [0.05, 0.1) is 6.04 Å². The van der Waals surface area contributed by atoms with E-state index in [9.17, 15) is 4.79 Å². The molecule has 0 saturated carbocycles. The lowest BCUT2D eigenvalue weighted by Gasteiger charge is -2.26. The minimum absolute atomic E-state index is 0.0542. The highest BCUT2D eigenvalue weighted by Gasteiger charge is 2.21. The van der Waals surface area contributed by atoms with Gasteiger partial charge in [0.15, 0.2) is 6.61 Å². The Morgan fingerprint density at radius 3 is 3.00 bits per heavy atom. The molecule has 6 nitrogen and oxygen atoms in total. The van der Waals surface area contributed by atoms with E-state index < -0.39 is 0 Å². The van der Waals surface area contributed by atoms with Crippen LogP contribution in [0.15, 0.2) is 48.5 Å². The highest BCUT2D eigenvalue weighted by Crippen LogP contribution is 2.29. The Bertz CT molecular complexity index is 874. The number of amides is 1. The summed E-state index contributed by atoms with van der Waals surface area (Å²) in [6.07, 6.45) is 3.11. The average molecular weight is 322 g/mol. The molecule has 1 N–H and O–H groups in total. The van der Waals surface area contributed by atoms with Crippen molar-refractivity contribution in [2.24, 2.45) is 0 Å². The summed E-state index contributed by atoms with van der Waals surface area (Å²) in [6, 6.07) is 15.8. The molecular weight excluding hydrogens is 304 g/mol. The standard InChI is InChI=1S/C18H18N4O2/c23-18(12-24-22-17-11-4-3-9-16(17)20-21-22)19-15-10-5-7-13-6-1-2-8-14(13)15/h1-4,6,8-9,11,15H,5,7,10,12H2,(H,19,23)/t15-/m0/s1. The molecule has 0 radical (unpaired) electrons. The maximum Gasteiger partial charge on any atom is 0.261 e. The molecule has 0 unspecified atom stereocenters. The molecule has 0 fully saturated rings. The van der Waals surface area contributed by atoms with E-state index in [0.29, 0.717) is 0 Å². The van der Waals surface area contributed by atoms with Crippen molar-refractivity contribution in [2.45, 2.75) is 25.3 Å². The maximum atomic E-state index is 12.3. The van der Waals surface area contributed by atoms with Gasteiger partial charge in [0.1, 0.15) is 11.0 Å². The highest BCUT2D eigenvalue weighted by molar-refractivity contribution is 5.78. The van der Waals surface area contributed by atoms with Crippen LogP contribution in [0.25, 0.3) is 11.0 Å². The van der Waals surface area contributed by atoms with Crippen molar-refractivity contribution in [2.75, 3.05) is 6.61 Å². The quantitative estimate of drug-likeness (QED) is 0.798. The predicted molar refractivity (Wildman–Crippen MR) is 89.2 cm³/mol. The van der Waals surface area contributed by atoms with E-state index >= 15 is 0 Å². The van der Waals surface area contributed by atoms with Crippen LogP contribution < -0.4 is 10.2 Å². The first-order valence-corrected chi connectivity index (χ1v) is 8.12. The van der Waals surface area contributed by atoms with Gasteiger partial charge in [-0.2, -0.15) is 0 Å². The van der Waals surface area contributed by atoms with Crippen molar-refractivity contribution in [3.8, 4) is 0 Å². The monoisotopic (exact) mass is 322 g/mol. The highest BCUT2D eigenvalue weighted by atomic mass is 16.7. The lowest BCUT2D eigenvalue weighted by atomic mass is 9.88. The second-order valence-electron chi connectivity index (χ2n) is 5.94. The summed E-state index contributed by atoms with van der Waals surface area (Å²) in [5.41, 5.74) is 4.01. The number of aromatic nitrogens is 3. The molecule has 1 heterocycles. The normalized spacial score (nSPS) is 16.6. The summed E-state index contributed by atoms with van der Waals surface area (Å²) in [4.78, 5) is 19.0. The number of hydrogen-bond acceptors (Lipinski definition) is 4. The number of aryl methyl sites for hydroxylation is 1. The summed E-state index contributed by atoms with van der Waals surface area (Å²) in [5, 5.41) is 11.0. The molecule has 3 aromatic rings. The zero-order chi connectivity index (χ0) is 16.4. The van der Waals surface area contributed by atoms with Crippen LogP contribution in [-0.4, -0.2) is 27.7 Å². The molecule has 0 spiro atoms. The molecule has 4 rings (SSSR count). The van der Waals surface area contributed by atoms with E-state index in [-0.39, 0.29) is 18.6 Å². The fourth-order valence-electron chi connectivity index (χ4n) is 3.20. The van der Waals surface area contributed by atoms with Crippen LogP contribution in [0.5, 0.6) is 0 Å². The Morgan fingerprint density at radius 2 is 2.04 bits per heavy atom. The van der Waals surface area contributed by atoms with Crippen molar-refractivity contribution < 1.29 is 9.63 Å². The van der Waals surface area contributed by atoms with Gasteiger partial charge in [0, 0.05) is 0 Å². The SMILES string of the molecule is O=C(COn1nnc2ccccc21)N[C@H]1CCCc2ccccc21. The van der Waals surface area contributed by atoms with Crippen LogP contribution in [0.2, 0.25) is 0 Å². The molecule has 1 aromatic heterocycles. The molecule has 6 heteroatoms. The number of carbonyl (C=O) groups is 1. The van der Waals surface area contributed by atoms with Gasteiger partial charge in [-0.1, -0.05) is 41.2 Å². The first-order valence-electron chi connectivity index (χ1n) is 8.12. The zero-order valence-corrected chi connectivity index (χ0v) is 13.2. The molecule has 24 heavy (non-hydrogen) atoms. The number of carbonyl (C=O) groups excluding carboxylic acids is 1. The summed E-state index contributed by atoms with van der Waals surface area (Å²) < 4.78 is 0. The van der Waals surface area contributed by atoms with Gasteiger partial charge in [0.25, 0.3) is 5.91 Å². The molecule has 0 saturated heterocycles. The van der Waals surface area contributed by atoms with Crippen LogP contribution in [-0.2, 0) is 11.2 Å². The van der Waals surface area contributed by atoms with Gasteiger partial charge in [0.2, 0.25) is 0 Å². The van der Waals surface area contributed by atoms with Gasteiger partial charge in [-0.25, -0.2) is 0 Å². The first-order chi connectivity index (χ1) is 11.8. The molecule has 1 amide bonds. The van der Waals surface area contributed by atoms with Gasteiger partial charge in [-0.15, -0.1) is 5.10 Å². The minimum atomic E-state index is -0.156. The summed E-state index contributed by atoms with van der Waals surface area (Å²) in [7, 11) is 0. The first kappa shape index (κ1) is 14.7. The fourth-order valence-corrected chi connectivity index (χ4v) is 3.20. The van der Waals surface area contributed by atoms with Crippen molar-refractivity contribution in [3.63, 3.8) is 0 Å². The van der Waals surface area contributed by atoms with E-state index in [1.54, 1.807) is 0 Å². The van der Waals surface area contributed by atoms with Crippen molar-refractivity contribution in [1.29, 1.82) is 0 Å². The average Bonchev–Trinajstić information content (AvgIpc) is 3.04. The molecule has 2 aromatic carbocycles. The maximum absolute atomic E-state index is 12.3. The number of nitrogens with zero attached hydrogens (tertiary/aromatic N) is 3. The second kappa shape index (κ2) is 6.31. The predicted octanol–water partition coefficient (Wildman–Crippen LogP) is 2.05. The van der Waals surface area contributed by atoms with Gasteiger partial charge in [-0.3, -0.25) is 4.79 Å². The van der Waals surface area contributed by atoms with Crippen LogP contribution in [0, 0.1) is 0 Å². The molecular formula is C18H18N4O2. The zero-order valence-electron chi connectivity index (χ0n) is 13.2. The third-order valence-electron chi connectivity index (χ3n) is 4.34. The van der Waals surface area contributed by atoms with Crippen LogP contribution >= 0.6 is 0 Å². The van der Waals surface area contributed by atoms with E-state index in [0.717, 1.165) is 30.3 Å². The Labute approximate surface area is 139 Å².